The second kappa shape index (κ2) is 8.07. The molecule has 0 radical (unpaired) electrons. The van der Waals surface area contributed by atoms with E-state index in [1.807, 2.05) is 54.7 Å². The van der Waals surface area contributed by atoms with Gasteiger partial charge in [0.05, 0.1) is 0 Å². The number of benzene rings is 1. The normalized spacial score (nSPS) is 9.53. The van der Waals surface area contributed by atoms with Gasteiger partial charge in [0.15, 0.2) is 6.20 Å². The summed E-state index contributed by atoms with van der Waals surface area (Å²) in [5, 5.41) is 0. The molecule has 1 aromatic heterocycles. The van der Waals surface area contributed by atoms with Crippen molar-refractivity contribution >= 4 is 21.9 Å². The summed E-state index contributed by atoms with van der Waals surface area (Å²) in [6.45, 7) is 0.513. The molecule has 3 nitrogen and oxygen atoms in total. The number of nitrogens with zero attached hydrogens (tertiary/aromatic N) is 1. The van der Waals surface area contributed by atoms with Crippen LogP contribution in [0.2, 0.25) is 0 Å². The lowest BCUT2D eigenvalue weighted by Crippen LogP contribution is -3.00. The van der Waals surface area contributed by atoms with Crippen molar-refractivity contribution in [1.29, 1.82) is 0 Å². The fourth-order valence-corrected chi connectivity index (χ4v) is 1.90. The van der Waals surface area contributed by atoms with Crippen LogP contribution in [-0.4, -0.2) is 5.97 Å². The monoisotopic (exact) mass is 385 g/mol. The Balaban J connectivity index is 0.00000180. The highest BCUT2D eigenvalue weighted by molar-refractivity contribution is 9.10. The number of esters is 1. The minimum Gasteiger partial charge on any atom is -1.00 e. The molecule has 0 spiro atoms. The van der Waals surface area contributed by atoms with Crippen LogP contribution in [0, 0.1) is 0 Å². The van der Waals surface area contributed by atoms with Crippen molar-refractivity contribution in [2.24, 2.45) is 0 Å². The van der Waals surface area contributed by atoms with Crippen LogP contribution in [0.25, 0.3) is 0 Å². The summed E-state index contributed by atoms with van der Waals surface area (Å²) in [5.74, 6) is -0.254. The van der Waals surface area contributed by atoms with E-state index in [2.05, 4.69) is 15.9 Å². The van der Waals surface area contributed by atoms with Gasteiger partial charge >= 0.3 is 5.97 Å². The lowest BCUT2D eigenvalue weighted by Gasteiger charge is -2.03. The molecule has 0 bridgehead atoms. The molecule has 0 unspecified atom stereocenters. The Morgan fingerprint density at radius 2 is 1.79 bits per heavy atom. The molecule has 0 aliphatic heterocycles. The first-order chi connectivity index (χ1) is 8.75. The topological polar surface area (TPSA) is 30.2 Å². The summed E-state index contributed by atoms with van der Waals surface area (Å²) in [6, 6.07) is 15.3. The van der Waals surface area contributed by atoms with Gasteiger partial charge in [0.1, 0.15) is 6.61 Å². The average molecular weight is 387 g/mol. The molecule has 0 aliphatic carbocycles. The van der Waals surface area contributed by atoms with Crippen LogP contribution < -0.4 is 21.5 Å². The van der Waals surface area contributed by atoms with Gasteiger partial charge < -0.3 is 21.7 Å². The minimum absolute atomic E-state index is 0. The molecular weight excluding hydrogens is 374 g/mol. The second-order valence-electron chi connectivity index (χ2n) is 3.80. The summed E-state index contributed by atoms with van der Waals surface area (Å²) in [7, 11) is 0. The Morgan fingerprint density at radius 3 is 2.47 bits per heavy atom. The third kappa shape index (κ3) is 5.12. The number of carbonyl (C=O) groups excluding carboxylic acids is 1. The number of aromatic nitrogens is 1. The number of hydrogen-bond donors (Lipinski definition) is 0. The van der Waals surface area contributed by atoms with Crippen LogP contribution >= 0.6 is 15.9 Å². The van der Waals surface area contributed by atoms with Gasteiger partial charge in [-0.25, -0.2) is 4.79 Å². The van der Waals surface area contributed by atoms with Crippen LogP contribution in [0.5, 0.6) is 0 Å². The predicted octanol–water partition coefficient (Wildman–Crippen LogP) is -0.516. The van der Waals surface area contributed by atoms with Crippen molar-refractivity contribution < 1.29 is 31.1 Å². The van der Waals surface area contributed by atoms with Crippen LogP contribution in [0.15, 0.2) is 59.3 Å². The lowest BCUT2D eigenvalue weighted by molar-refractivity contribution is -0.696. The zero-order valence-corrected chi connectivity index (χ0v) is 13.3. The maximum Gasteiger partial charge on any atom is 0.373 e. The lowest BCUT2D eigenvalue weighted by atomic mass is 10.2. The molecule has 0 atom stereocenters. The summed E-state index contributed by atoms with van der Waals surface area (Å²) in [6.07, 6.45) is 1.83. The average Bonchev–Trinajstić information content (AvgIpc) is 2.40. The quantitative estimate of drug-likeness (QED) is 0.402. The fraction of sp³-hybridized carbons (Fsp3) is 0.143. The molecule has 1 heterocycles. The van der Waals surface area contributed by atoms with Crippen molar-refractivity contribution in [3.05, 3.63) is 64.9 Å². The van der Waals surface area contributed by atoms with Crippen molar-refractivity contribution in [2.75, 3.05) is 0 Å². The van der Waals surface area contributed by atoms with E-state index >= 15 is 0 Å². The molecule has 0 fully saturated rings. The number of ether oxygens (including phenoxy) is 1. The maximum absolute atomic E-state index is 11.7. The molecule has 0 N–H and O–H groups in total. The molecule has 0 saturated carbocycles. The largest absolute Gasteiger partial charge is 1.00 e. The third-order valence-corrected chi connectivity index (χ3v) is 3.15. The van der Waals surface area contributed by atoms with Crippen LogP contribution in [0.3, 0.4) is 0 Å². The Labute approximate surface area is 131 Å². The van der Waals surface area contributed by atoms with E-state index in [-0.39, 0.29) is 29.5 Å². The molecule has 0 aliphatic rings. The number of carbonyl (C=O) groups is 1. The van der Waals surface area contributed by atoms with Crippen LogP contribution in [0.1, 0.15) is 5.56 Å². The third-order valence-electron chi connectivity index (χ3n) is 2.43. The van der Waals surface area contributed by atoms with E-state index in [0.717, 1.165) is 10.2 Å². The number of hydrogen-bond acceptors (Lipinski definition) is 2. The molecular formula is C14H13Br2NO2. The minimum atomic E-state index is -0.254. The van der Waals surface area contributed by atoms with Crippen LogP contribution in [-0.2, 0) is 22.7 Å². The highest BCUT2D eigenvalue weighted by Gasteiger charge is 2.13. The zero-order valence-electron chi connectivity index (χ0n) is 10.1. The SMILES string of the molecule is O=C(C[n+]1ccccc1Br)OCc1ccccc1.[Br-]. The van der Waals surface area contributed by atoms with Gasteiger partial charge in [-0.05, 0) is 11.6 Å². The van der Waals surface area contributed by atoms with Gasteiger partial charge in [0, 0.05) is 28.1 Å². The molecule has 19 heavy (non-hydrogen) atoms. The van der Waals surface area contributed by atoms with E-state index in [1.54, 1.807) is 4.57 Å². The van der Waals surface area contributed by atoms with E-state index < -0.39 is 0 Å². The van der Waals surface area contributed by atoms with Gasteiger partial charge in [-0.15, -0.1) is 0 Å². The van der Waals surface area contributed by atoms with Gasteiger partial charge in [-0.2, -0.15) is 4.57 Å². The Bertz CT molecular complexity index is 532. The Kier molecular flexibility index (Phi) is 6.73. The standard InChI is InChI=1S/C14H13BrNO2.BrH/c15-13-8-4-5-9-16(13)10-14(17)18-11-12-6-2-1-3-7-12;/h1-9H,10-11H2;1H/q+1;/p-1. The van der Waals surface area contributed by atoms with Gasteiger partial charge in [0.25, 0.3) is 0 Å². The zero-order chi connectivity index (χ0) is 12.8. The van der Waals surface area contributed by atoms with Crippen molar-refractivity contribution in [3.8, 4) is 0 Å². The molecule has 2 aromatic rings. The highest BCUT2D eigenvalue weighted by atomic mass is 79.9. The second-order valence-corrected chi connectivity index (χ2v) is 4.61. The first-order valence-corrected chi connectivity index (χ1v) is 6.38. The number of halogens is 2. The van der Waals surface area contributed by atoms with E-state index in [0.29, 0.717) is 6.61 Å². The first-order valence-electron chi connectivity index (χ1n) is 5.59. The van der Waals surface area contributed by atoms with Crippen molar-refractivity contribution in [2.45, 2.75) is 13.2 Å². The van der Waals surface area contributed by atoms with Gasteiger partial charge in [0.2, 0.25) is 11.1 Å². The molecule has 0 saturated heterocycles. The summed E-state index contributed by atoms with van der Waals surface area (Å²) in [4.78, 5) is 11.7. The summed E-state index contributed by atoms with van der Waals surface area (Å²) >= 11 is 3.38. The highest BCUT2D eigenvalue weighted by Crippen LogP contribution is 2.02. The van der Waals surface area contributed by atoms with E-state index in [1.165, 1.54) is 0 Å². The summed E-state index contributed by atoms with van der Waals surface area (Å²) in [5.41, 5.74) is 0.989. The van der Waals surface area contributed by atoms with Crippen molar-refractivity contribution in [1.82, 2.24) is 0 Å². The van der Waals surface area contributed by atoms with Gasteiger partial charge in [-0.3, -0.25) is 0 Å². The Morgan fingerprint density at radius 1 is 1.11 bits per heavy atom. The fourth-order valence-electron chi connectivity index (χ4n) is 1.51. The molecule has 1 aromatic carbocycles. The summed E-state index contributed by atoms with van der Waals surface area (Å²) < 4.78 is 7.84. The Hall–Kier alpha value is -1.20. The van der Waals surface area contributed by atoms with Gasteiger partial charge in [-0.1, -0.05) is 30.3 Å². The molecule has 5 heteroatoms. The van der Waals surface area contributed by atoms with Crippen LogP contribution in [0.4, 0.5) is 0 Å². The smallest absolute Gasteiger partial charge is 0.373 e. The number of rotatable bonds is 4. The van der Waals surface area contributed by atoms with Crippen molar-refractivity contribution in [3.63, 3.8) is 0 Å². The first kappa shape index (κ1) is 15.9. The van der Waals surface area contributed by atoms with E-state index in [4.69, 9.17) is 4.74 Å². The predicted molar refractivity (Wildman–Crippen MR) is 70.6 cm³/mol. The number of pyridine rings is 1. The molecule has 0 amide bonds. The van der Waals surface area contributed by atoms with E-state index in [9.17, 15) is 4.79 Å². The molecule has 2 rings (SSSR count). The molecule has 100 valence electrons. The maximum atomic E-state index is 11.7.